The Morgan fingerprint density at radius 3 is 2.61 bits per heavy atom. The first-order valence-electron chi connectivity index (χ1n) is 6.41. The van der Waals surface area contributed by atoms with Crippen molar-refractivity contribution in [1.29, 1.82) is 0 Å². The Labute approximate surface area is 106 Å². The number of carbonyl (C=O) groups excluding carboxylic acids is 1. The number of nitrogens with one attached hydrogen (secondary N) is 1. The average molecular weight is 247 g/mol. The highest BCUT2D eigenvalue weighted by Crippen LogP contribution is 2.33. The summed E-state index contributed by atoms with van der Waals surface area (Å²) in [5.41, 5.74) is 1.68. The summed E-state index contributed by atoms with van der Waals surface area (Å²) in [5.74, 6) is 1.54. The van der Waals surface area contributed by atoms with Crippen LogP contribution in [0.15, 0.2) is 12.1 Å². The van der Waals surface area contributed by atoms with E-state index in [9.17, 15) is 4.79 Å². The smallest absolute Gasteiger partial charge is 0.177 e. The molecule has 0 saturated heterocycles. The second-order valence-corrected chi connectivity index (χ2v) is 4.89. The van der Waals surface area contributed by atoms with Crippen LogP contribution in [0.4, 0.5) is 0 Å². The lowest BCUT2D eigenvalue weighted by Crippen LogP contribution is -2.25. The van der Waals surface area contributed by atoms with Gasteiger partial charge in [-0.05, 0) is 37.5 Å². The quantitative estimate of drug-likeness (QED) is 0.823. The molecule has 0 unspecified atom stereocenters. The Morgan fingerprint density at radius 2 is 1.94 bits per heavy atom. The molecular formula is C14H17NO3. The van der Waals surface area contributed by atoms with E-state index in [1.807, 2.05) is 13.0 Å². The second-order valence-electron chi connectivity index (χ2n) is 4.89. The molecule has 4 nitrogen and oxygen atoms in total. The van der Waals surface area contributed by atoms with E-state index in [0.717, 1.165) is 16.9 Å². The van der Waals surface area contributed by atoms with Gasteiger partial charge in [0.2, 0.25) is 0 Å². The van der Waals surface area contributed by atoms with Crippen molar-refractivity contribution in [3.63, 3.8) is 0 Å². The van der Waals surface area contributed by atoms with Crippen molar-refractivity contribution in [1.82, 2.24) is 5.32 Å². The van der Waals surface area contributed by atoms with Gasteiger partial charge in [-0.3, -0.25) is 4.79 Å². The number of ether oxygens (including phenoxy) is 2. The monoisotopic (exact) mass is 247 g/mol. The molecule has 0 spiro atoms. The summed E-state index contributed by atoms with van der Waals surface area (Å²) < 4.78 is 11.0. The van der Waals surface area contributed by atoms with Crippen molar-refractivity contribution in [2.45, 2.75) is 25.8 Å². The number of rotatable bonds is 4. The summed E-state index contributed by atoms with van der Waals surface area (Å²) in [7, 11) is 0. The van der Waals surface area contributed by atoms with Gasteiger partial charge < -0.3 is 14.8 Å². The third-order valence-corrected chi connectivity index (χ3v) is 3.32. The van der Waals surface area contributed by atoms with Gasteiger partial charge >= 0.3 is 0 Å². The van der Waals surface area contributed by atoms with Gasteiger partial charge in [0.05, 0.1) is 6.54 Å². The molecule has 1 heterocycles. The average Bonchev–Trinajstić information content (AvgIpc) is 3.19. The summed E-state index contributed by atoms with van der Waals surface area (Å²) in [4.78, 5) is 12.1. The van der Waals surface area contributed by atoms with Crippen molar-refractivity contribution in [2.24, 2.45) is 0 Å². The predicted molar refractivity (Wildman–Crippen MR) is 67.5 cm³/mol. The van der Waals surface area contributed by atoms with Crippen molar-refractivity contribution >= 4 is 5.78 Å². The zero-order chi connectivity index (χ0) is 12.5. The van der Waals surface area contributed by atoms with Gasteiger partial charge in [0, 0.05) is 11.6 Å². The Balaban J connectivity index is 1.79. The molecule has 1 fully saturated rings. The van der Waals surface area contributed by atoms with E-state index in [1.165, 1.54) is 12.8 Å². The highest BCUT2D eigenvalue weighted by Gasteiger charge is 2.23. The number of Topliss-reactive ketones (excluding diaryl/α,β-unsaturated/α-hetero) is 1. The maximum Gasteiger partial charge on any atom is 0.177 e. The van der Waals surface area contributed by atoms with Crippen LogP contribution in [0.5, 0.6) is 11.5 Å². The molecule has 0 bridgehead atoms. The molecule has 0 amide bonds. The summed E-state index contributed by atoms with van der Waals surface area (Å²) in [6, 6.07) is 4.24. The fourth-order valence-electron chi connectivity index (χ4n) is 2.11. The molecule has 1 aromatic carbocycles. The maximum absolute atomic E-state index is 12.1. The van der Waals surface area contributed by atoms with Crippen LogP contribution in [0.2, 0.25) is 0 Å². The summed E-state index contributed by atoms with van der Waals surface area (Å²) in [5, 5.41) is 3.24. The Kier molecular flexibility index (Phi) is 2.96. The van der Waals surface area contributed by atoms with E-state index >= 15 is 0 Å². The lowest BCUT2D eigenvalue weighted by molar-refractivity contribution is 0.0988. The number of benzene rings is 1. The Morgan fingerprint density at radius 1 is 1.28 bits per heavy atom. The first-order chi connectivity index (χ1) is 8.74. The standard InChI is InChI=1S/C14H17NO3/c1-9-6-13-14(18-5-4-17-13)7-11(9)12(16)8-15-10-2-3-10/h6-7,10,15H,2-5,8H2,1H3. The topological polar surface area (TPSA) is 47.6 Å². The molecule has 18 heavy (non-hydrogen) atoms. The molecular weight excluding hydrogens is 230 g/mol. The van der Waals surface area contributed by atoms with E-state index in [2.05, 4.69) is 5.32 Å². The molecule has 1 aliphatic heterocycles. The fourth-order valence-corrected chi connectivity index (χ4v) is 2.11. The minimum Gasteiger partial charge on any atom is -0.486 e. The van der Waals surface area contributed by atoms with Crippen LogP contribution in [0, 0.1) is 6.92 Å². The van der Waals surface area contributed by atoms with Crippen LogP contribution in [-0.4, -0.2) is 31.6 Å². The van der Waals surface area contributed by atoms with E-state index in [0.29, 0.717) is 31.5 Å². The highest BCUT2D eigenvalue weighted by molar-refractivity contribution is 5.99. The molecule has 2 aliphatic rings. The normalized spacial score (nSPS) is 17.6. The lowest BCUT2D eigenvalue weighted by Gasteiger charge is -2.20. The molecule has 4 heteroatoms. The maximum atomic E-state index is 12.1. The molecule has 0 atom stereocenters. The van der Waals surface area contributed by atoms with Crippen LogP contribution < -0.4 is 14.8 Å². The minimum atomic E-state index is 0.122. The molecule has 1 aromatic rings. The van der Waals surface area contributed by atoms with Gasteiger partial charge in [-0.25, -0.2) is 0 Å². The number of hydrogen-bond donors (Lipinski definition) is 1. The number of ketones is 1. The van der Waals surface area contributed by atoms with Gasteiger partial charge in [-0.1, -0.05) is 0 Å². The van der Waals surface area contributed by atoms with E-state index in [1.54, 1.807) is 6.07 Å². The molecule has 0 radical (unpaired) electrons. The second kappa shape index (κ2) is 4.61. The highest BCUT2D eigenvalue weighted by atomic mass is 16.6. The molecule has 0 aromatic heterocycles. The van der Waals surface area contributed by atoms with Crippen LogP contribution >= 0.6 is 0 Å². The van der Waals surface area contributed by atoms with Crippen LogP contribution in [0.1, 0.15) is 28.8 Å². The Bertz CT molecular complexity index is 480. The van der Waals surface area contributed by atoms with Crippen molar-refractivity contribution in [3.8, 4) is 11.5 Å². The number of fused-ring (bicyclic) bond motifs is 1. The number of hydrogen-bond acceptors (Lipinski definition) is 4. The first-order valence-corrected chi connectivity index (χ1v) is 6.41. The van der Waals surface area contributed by atoms with Gasteiger partial charge in [-0.15, -0.1) is 0 Å². The van der Waals surface area contributed by atoms with Crippen LogP contribution in [0.25, 0.3) is 0 Å². The third kappa shape index (κ3) is 2.34. The van der Waals surface area contributed by atoms with Crippen molar-refractivity contribution < 1.29 is 14.3 Å². The molecule has 3 rings (SSSR count). The van der Waals surface area contributed by atoms with Crippen LogP contribution in [0.3, 0.4) is 0 Å². The molecule has 1 N–H and O–H groups in total. The SMILES string of the molecule is Cc1cc2c(cc1C(=O)CNC1CC1)OCCO2. The van der Waals surface area contributed by atoms with Crippen molar-refractivity contribution in [2.75, 3.05) is 19.8 Å². The molecule has 96 valence electrons. The fraction of sp³-hybridized carbons (Fsp3) is 0.500. The van der Waals surface area contributed by atoms with Gasteiger partial charge in [0.15, 0.2) is 17.3 Å². The summed E-state index contributed by atoms with van der Waals surface area (Å²) >= 11 is 0. The summed E-state index contributed by atoms with van der Waals surface area (Å²) in [6.07, 6.45) is 2.38. The largest absolute Gasteiger partial charge is 0.486 e. The van der Waals surface area contributed by atoms with E-state index in [-0.39, 0.29) is 5.78 Å². The van der Waals surface area contributed by atoms with Crippen LogP contribution in [-0.2, 0) is 0 Å². The zero-order valence-electron chi connectivity index (χ0n) is 10.5. The van der Waals surface area contributed by atoms with Gasteiger partial charge in [-0.2, -0.15) is 0 Å². The zero-order valence-corrected chi connectivity index (χ0v) is 10.5. The van der Waals surface area contributed by atoms with E-state index < -0.39 is 0 Å². The third-order valence-electron chi connectivity index (χ3n) is 3.32. The van der Waals surface area contributed by atoms with E-state index in [4.69, 9.17) is 9.47 Å². The molecule has 1 saturated carbocycles. The van der Waals surface area contributed by atoms with Gasteiger partial charge in [0.25, 0.3) is 0 Å². The Hall–Kier alpha value is -1.55. The molecule has 1 aliphatic carbocycles. The predicted octanol–water partition coefficient (Wildman–Crippen LogP) is 1.70. The minimum absolute atomic E-state index is 0.122. The lowest BCUT2D eigenvalue weighted by atomic mass is 10.0. The number of aryl methyl sites for hydroxylation is 1. The first kappa shape index (κ1) is 11.5. The summed E-state index contributed by atoms with van der Waals surface area (Å²) in [6.45, 7) is 3.46. The van der Waals surface area contributed by atoms with Crippen molar-refractivity contribution in [3.05, 3.63) is 23.3 Å². The van der Waals surface area contributed by atoms with Gasteiger partial charge in [0.1, 0.15) is 13.2 Å². The number of carbonyl (C=O) groups is 1.